The van der Waals surface area contributed by atoms with Gasteiger partial charge < -0.3 is 0 Å². The lowest BCUT2D eigenvalue weighted by atomic mass is 10.2. The Morgan fingerprint density at radius 1 is 1.14 bits per heavy atom. The molecule has 0 bridgehead atoms. The van der Waals surface area contributed by atoms with Crippen molar-refractivity contribution in [3.8, 4) is 0 Å². The van der Waals surface area contributed by atoms with Crippen LogP contribution >= 0.6 is 11.3 Å². The quantitative estimate of drug-likeness (QED) is 0.736. The summed E-state index contributed by atoms with van der Waals surface area (Å²) in [5.74, 6) is 1.12. The Kier molecular flexibility index (Phi) is 2.35. The van der Waals surface area contributed by atoms with Gasteiger partial charge in [0, 0.05) is 17.3 Å². The van der Waals surface area contributed by atoms with Crippen molar-refractivity contribution < 1.29 is 0 Å². The molecule has 0 aromatic carbocycles. The summed E-state index contributed by atoms with van der Waals surface area (Å²) in [6.07, 6.45) is 4.34. The van der Waals surface area contributed by atoms with Crippen LogP contribution in [0.5, 0.6) is 0 Å². The summed E-state index contributed by atoms with van der Waals surface area (Å²) < 4.78 is 2.15. The highest BCUT2D eigenvalue weighted by Gasteiger charge is 2.10. The van der Waals surface area contributed by atoms with Crippen LogP contribution in [0.2, 0.25) is 0 Å². The average Bonchev–Trinajstić information content (AvgIpc) is 2.57. The van der Waals surface area contributed by atoms with Crippen LogP contribution in [0.3, 0.4) is 0 Å². The number of hydrogen-bond donors (Lipinski definition) is 0. The van der Waals surface area contributed by atoms with Gasteiger partial charge in [-0.25, -0.2) is 4.98 Å². The Balaban J connectivity index is 2.45. The number of imidazole rings is 1. The maximum atomic E-state index is 4.60. The zero-order chi connectivity index (χ0) is 10.3. The fraction of sp³-hybridized carbons (Fsp3) is 0.545. The van der Waals surface area contributed by atoms with Gasteiger partial charge in [0.2, 0.25) is 0 Å². The molecule has 0 spiro atoms. The van der Waals surface area contributed by atoms with E-state index in [2.05, 4.69) is 49.5 Å². The van der Waals surface area contributed by atoms with Gasteiger partial charge in [0.05, 0.1) is 5.69 Å². The highest BCUT2D eigenvalue weighted by Crippen LogP contribution is 2.26. The number of hydrogen-bond acceptors (Lipinski definition) is 2. The van der Waals surface area contributed by atoms with Crippen molar-refractivity contribution in [3.05, 3.63) is 23.0 Å². The number of nitrogens with zero attached hydrogens (tertiary/aromatic N) is 2. The highest BCUT2D eigenvalue weighted by molar-refractivity contribution is 7.17. The minimum absolute atomic E-state index is 0.518. The lowest BCUT2D eigenvalue weighted by Gasteiger charge is -1.98. The van der Waals surface area contributed by atoms with Crippen LogP contribution in [0.1, 0.15) is 50.1 Å². The van der Waals surface area contributed by atoms with Crippen molar-refractivity contribution in [2.75, 3.05) is 0 Å². The van der Waals surface area contributed by atoms with E-state index in [4.69, 9.17) is 0 Å². The van der Waals surface area contributed by atoms with Gasteiger partial charge in [-0.2, -0.15) is 0 Å². The Morgan fingerprint density at radius 3 is 2.36 bits per heavy atom. The van der Waals surface area contributed by atoms with E-state index < -0.39 is 0 Å². The largest absolute Gasteiger partial charge is 0.297 e. The molecule has 0 aliphatic carbocycles. The van der Waals surface area contributed by atoms with Crippen LogP contribution in [0.15, 0.2) is 12.4 Å². The minimum Gasteiger partial charge on any atom is -0.297 e. The Bertz CT molecular complexity index is 368. The summed E-state index contributed by atoms with van der Waals surface area (Å²) in [6, 6.07) is 0. The van der Waals surface area contributed by atoms with Crippen LogP contribution in [0.25, 0.3) is 4.96 Å². The molecule has 3 heteroatoms. The normalized spacial score (nSPS) is 12.1. The number of aromatic nitrogens is 2. The molecule has 0 aliphatic heterocycles. The molecule has 2 nitrogen and oxygen atoms in total. The third-order valence-corrected chi connectivity index (χ3v) is 3.65. The lowest BCUT2D eigenvalue weighted by Crippen LogP contribution is -1.86. The van der Waals surface area contributed by atoms with E-state index in [1.165, 1.54) is 10.6 Å². The van der Waals surface area contributed by atoms with E-state index in [1.54, 1.807) is 11.3 Å². The molecule has 2 aromatic heterocycles. The van der Waals surface area contributed by atoms with E-state index in [0.29, 0.717) is 11.8 Å². The van der Waals surface area contributed by atoms with Crippen LogP contribution in [0.4, 0.5) is 0 Å². The Labute approximate surface area is 88.6 Å². The van der Waals surface area contributed by atoms with Crippen LogP contribution in [-0.4, -0.2) is 9.38 Å². The molecule has 0 amide bonds. The summed E-state index contributed by atoms with van der Waals surface area (Å²) in [7, 11) is 0. The van der Waals surface area contributed by atoms with E-state index in [0.717, 1.165) is 4.96 Å². The summed E-state index contributed by atoms with van der Waals surface area (Å²) >= 11 is 1.80. The number of fused-ring (bicyclic) bond motifs is 1. The van der Waals surface area contributed by atoms with Crippen molar-refractivity contribution in [2.45, 2.75) is 39.5 Å². The van der Waals surface area contributed by atoms with Gasteiger partial charge in [-0.15, -0.1) is 11.3 Å². The Hall–Kier alpha value is -0.830. The standard InChI is InChI=1S/C11H16N2S/c1-7(2)9-5-13-6-10(8(3)4)14-11(13)12-9/h5-8H,1-4H3. The summed E-state index contributed by atoms with van der Waals surface area (Å²) in [6.45, 7) is 8.79. The molecule has 2 heterocycles. The molecule has 2 rings (SSSR count). The molecule has 0 radical (unpaired) electrons. The second-order valence-electron chi connectivity index (χ2n) is 4.30. The van der Waals surface area contributed by atoms with Gasteiger partial charge in [-0.05, 0) is 11.8 Å². The molecular formula is C11H16N2S. The van der Waals surface area contributed by atoms with Crippen molar-refractivity contribution in [1.29, 1.82) is 0 Å². The van der Waals surface area contributed by atoms with Gasteiger partial charge in [-0.1, -0.05) is 27.7 Å². The first-order valence-electron chi connectivity index (χ1n) is 5.06. The zero-order valence-electron chi connectivity index (χ0n) is 9.11. The average molecular weight is 208 g/mol. The molecule has 0 unspecified atom stereocenters. The number of rotatable bonds is 2. The molecular weight excluding hydrogens is 192 g/mol. The molecule has 14 heavy (non-hydrogen) atoms. The predicted octanol–water partition coefficient (Wildman–Crippen LogP) is 3.64. The maximum absolute atomic E-state index is 4.60. The van der Waals surface area contributed by atoms with Gasteiger partial charge in [-0.3, -0.25) is 4.40 Å². The first-order chi connectivity index (χ1) is 6.58. The van der Waals surface area contributed by atoms with Crippen molar-refractivity contribution in [3.63, 3.8) is 0 Å². The third kappa shape index (κ3) is 1.57. The first-order valence-corrected chi connectivity index (χ1v) is 5.88. The molecule has 76 valence electrons. The molecule has 0 aliphatic rings. The van der Waals surface area contributed by atoms with E-state index in [-0.39, 0.29) is 0 Å². The monoisotopic (exact) mass is 208 g/mol. The van der Waals surface area contributed by atoms with Crippen LogP contribution in [0, 0.1) is 0 Å². The maximum Gasteiger partial charge on any atom is 0.194 e. The van der Waals surface area contributed by atoms with Crippen molar-refractivity contribution in [1.82, 2.24) is 9.38 Å². The fourth-order valence-electron chi connectivity index (χ4n) is 1.38. The second kappa shape index (κ2) is 3.39. The van der Waals surface area contributed by atoms with E-state index >= 15 is 0 Å². The molecule has 0 saturated heterocycles. The topological polar surface area (TPSA) is 17.3 Å². The molecule has 0 atom stereocenters. The first kappa shape index (κ1) is 9.71. The van der Waals surface area contributed by atoms with Gasteiger partial charge in [0.1, 0.15) is 0 Å². The third-order valence-electron chi connectivity index (χ3n) is 2.35. The highest BCUT2D eigenvalue weighted by atomic mass is 32.1. The van der Waals surface area contributed by atoms with Crippen molar-refractivity contribution in [2.24, 2.45) is 0 Å². The lowest BCUT2D eigenvalue weighted by molar-refractivity contribution is 0.833. The minimum atomic E-state index is 0.518. The SMILES string of the molecule is CC(C)c1cn2cc(C(C)C)sc2n1. The smallest absolute Gasteiger partial charge is 0.194 e. The molecule has 0 N–H and O–H groups in total. The van der Waals surface area contributed by atoms with Crippen LogP contribution < -0.4 is 0 Å². The zero-order valence-corrected chi connectivity index (χ0v) is 9.93. The number of thiazole rings is 1. The summed E-state index contributed by atoms with van der Waals surface area (Å²) in [4.78, 5) is 7.12. The fourth-order valence-corrected chi connectivity index (χ4v) is 2.35. The molecule has 0 saturated carbocycles. The molecule has 2 aromatic rings. The predicted molar refractivity (Wildman–Crippen MR) is 61.2 cm³/mol. The van der Waals surface area contributed by atoms with Crippen LogP contribution in [-0.2, 0) is 0 Å². The molecule has 0 fully saturated rings. The van der Waals surface area contributed by atoms with E-state index in [9.17, 15) is 0 Å². The summed E-state index contributed by atoms with van der Waals surface area (Å²) in [5.41, 5.74) is 1.19. The van der Waals surface area contributed by atoms with E-state index in [1.807, 2.05) is 0 Å². The summed E-state index contributed by atoms with van der Waals surface area (Å²) in [5, 5.41) is 0. The van der Waals surface area contributed by atoms with Crippen molar-refractivity contribution >= 4 is 16.3 Å². The second-order valence-corrected chi connectivity index (χ2v) is 5.34. The van der Waals surface area contributed by atoms with Gasteiger partial charge >= 0.3 is 0 Å². The van der Waals surface area contributed by atoms with Gasteiger partial charge in [0.15, 0.2) is 4.96 Å². The Morgan fingerprint density at radius 2 is 1.86 bits per heavy atom. The van der Waals surface area contributed by atoms with Gasteiger partial charge in [0.25, 0.3) is 0 Å².